The largest absolute Gasteiger partial charge is 0.393 e. The molecule has 0 aromatic rings. The van der Waals surface area contributed by atoms with Crippen LogP contribution in [0.15, 0.2) is 23.3 Å². The fraction of sp³-hybridized carbons (Fsp3) is 0.846. The molecule has 3 fully saturated rings. The predicted octanol–water partition coefficient (Wildman–Crippen LogP) is 5.39. The van der Waals surface area contributed by atoms with Gasteiger partial charge in [0.2, 0.25) is 0 Å². The Labute approximate surface area is 178 Å². The standard InChI is InChI=1S/C26H44O3/c1-17(7-5-8-18(2)27)22-12-13-23-21(9-6-14-26(22,23)4)11-10-20-15-24(28)19(3)25(29)16-20/h10-11,17-19,22-25,27-29H,5-9,12-16H2,1-4H3/b20-10?,21-11+/t17-,18-,19?,22?,23?,24-,25-,26-/m1/s1. The van der Waals surface area contributed by atoms with Gasteiger partial charge in [0.05, 0.1) is 18.3 Å². The normalized spacial score (nSPS) is 41.3. The Bertz CT molecular complexity index is 593. The van der Waals surface area contributed by atoms with E-state index in [0.29, 0.717) is 24.2 Å². The number of allylic oxidation sites excluding steroid dienone is 3. The van der Waals surface area contributed by atoms with E-state index < -0.39 is 12.2 Å². The first-order valence-corrected chi connectivity index (χ1v) is 12.1. The van der Waals surface area contributed by atoms with Crippen LogP contribution in [0, 0.1) is 29.1 Å². The van der Waals surface area contributed by atoms with Crippen LogP contribution in [0.5, 0.6) is 0 Å². The minimum absolute atomic E-state index is 0.0244. The van der Waals surface area contributed by atoms with Gasteiger partial charge in [-0.15, -0.1) is 0 Å². The van der Waals surface area contributed by atoms with Crippen molar-refractivity contribution < 1.29 is 15.3 Å². The average molecular weight is 405 g/mol. The van der Waals surface area contributed by atoms with Gasteiger partial charge in [0.15, 0.2) is 0 Å². The molecule has 166 valence electrons. The van der Waals surface area contributed by atoms with Crippen molar-refractivity contribution in [1.29, 1.82) is 0 Å². The van der Waals surface area contributed by atoms with Gasteiger partial charge in [0.25, 0.3) is 0 Å². The number of aliphatic hydroxyl groups is 3. The molecule has 3 aliphatic carbocycles. The van der Waals surface area contributed by atoms with E-state index in [4.69, 9.17) is 0 Å². The van der Waals surface area contributed by atoms with Crippen molar-refractivity contribution in [2.75, 3.05) is 0 Å². The van der Waals surface area contributed by atoms with Crippen molar-refractivity contribution in [2.24, 2.45) is 29.1 Å². The second-order valence-electron chi connectivity index (χ2n) is 10.8. The van der Waals surface area contributed by atoms with Crippen molar-refractivity contribution in [3.63, 3.8) is 0 Å². The molecule has 0 aromatic heterocycles. The van der Waals surface area contributed by atoms with Gasteiger partial charge < -0.3 is 15.3 Å². The highest BCUT2D eigenvalue weighted by Crippen LogP contribution is 2.59. The van der Waals surface area contributed by atoms with Crippen LogP contribution in [-0.2, 0) is 0 Å². The molecule has 0 saturated heterocycles. The molecule has 3 rings (SSSR count). The van der Waals surface area contributed by atoms with Gasteiger partial charge in [-0.25, -0.2) is 0 Å². The molecule has 3 nitrogen and oxygen atoms in total. The molecule has 0 aliphatic heterocycles. The lowest BCUT2D eigenvalue weighted by Gasteiger charge is -2.44. The highest BCUT2D eigenvalue weighted by Gasteiger charge is 2.50. The molecule has 0 bridgehead atoms. The Morgan fingerprint density at radius 1 is 1.07 bits per heavy atom. The summed E-state index contributed by atoms with van der Waals surface area (Å²) in [5.74, 6) is 2.18. The Balaban J connectivity index is 1.68. The molecule has 29 heavy (non-hydrogen) atoms. The second kappa shape index (κ2) is 9.66. The third kappa shape index (κ3) is 5.17. The van der Waals surface area contributed by atoms with Crippen LogP contribution in [0.25, 0.3) is 0 Å². The minimum Gasteiger partial charge on any atom is -0.393 e. The molecule has 3 saturated carbocycles. The van der Waals surface area contributed by atoms with Gasteiger partial charge >= 0.3 is 0 Å². The molecular weight excluding hydrogens is 360 g/mol. The summed E-state index contributed by atoms with van der Waals surface area (Å²) in [7, 11) is 0. The molecule has 0 heterocycles. The Kier molecular flexibility index (Phi) is 7.67. The number of hydrogen-bond donors (Lipinski definition) is 3. The number of rotatable bonds is 6. The van der Waals surface area contributed by atoms with Crippen LogP contribution >= 0.6 is 0 Å². The Hall–Kier alpha value is -0.640. The zero-order valence-electron chi connectivity index (χ0n) is 19.1. The molecule has 7 atom stereocenters. The summed E-state index contributed by atoms with van der Waals surface area (Å²) in [5.41, 5.74) is 3.21. The lowest BCUT2D eigenvalue weighted by molar-refractivity contribution is 0.00406. The van der Waals surface area contributed by atoms with E-state index in [1.54, 1.807) is 5.57 Å². The van der Waals surface area contributed by atoms with Gasteiger partial charge in [0.1, 0.15) is 0 Å². The topological polar surface area (TPSA) is 60.7 Å². The van der Waals surface area contributed by atoms with E-state index in [0.717, 1.165) is 24.7 Å². The summed E-state index contributed by atoms with van der Waals surface area (Å²) in [4.78, 5) is 0. The summed E-state index contributed by atoms with van der Waals surface area (Å²) in [6.45, 7) is 8.82. The first-order chi connectivity index (χ1) is 13.7. The van der Waals surface area contributed by atoms with E-state index in [9.17, 15) is 15.3 Å². The van der Waals surface area contributed by atoms with Crippen LogP contribution < -0.4 is 0 Å². The lowest BCUT2D eigenvalue weighted by atomic mass is 9.60. The molecule has 0 radical (unpaired) electrons. The maximum absolute atomic E-state index is 10.2. The van der Waals surface area contributed by atoms with Gasteiger partial charge in [0, 0.05) is 5.92 Å². The maximum Gasteiger partial charge on any atom is 0.0627 e. The maximum atomic E-state index is 10.2. The van der Waals surface area contributed by atoms with E-state index in [1.165, 1.54) is 44.1 Å². The van der Waals surface area contributed by atoms with Crippen LogP contribution in [-0.4, -0.2) is 33.6 Å². The van der Waals surface area contributed by atoms with Crippen molar-refractivity contribution in [1.82, 2.24) is 0 Å². The molecule has 3 N–H and O–H groups in total. The van der Waals surface area contributed by atoms with Gasteiger partial charge in [-0.05, 0) is 81.5 Å². The van der Waals surface area contributed by atoms with E-state index in [1.807, 2.05) is 13.8 Å². The molecule has 3 aliphatic rings. The molecule has 2 unspecified atom stereocenters. The lowest BCUT2D eigenvalue weighted by Crippen LogP contribution is -2.36. The van der Waals surface area contributed by atoms with Gasteiger partial charge in [-0.1, -0.05) is 56.9 Å². The quantitative estimate of drug-likeness (QED) is 0.556. The van der Waals surface area contributed by atoms with E-state index in [-0.39, 0.29) is 12.0 Å². The second-order valence-corrected chi connectivity index (χ2v) is 10.8. The van der Waals surface area contributed by atoms with Crippen LogP contribution in [0.2, 0.25) is 0 Å². The summed E-state index contributed by atoms with van der Waals surface area (Å²) < 4.78 is 0. The van der Waals surface area contributed by atoms with E-state index >= 15 is 0 Å². The number of hydrogen-bond acceptors (Lipinski definition) is 3. The monoisotopic (exact) mass is 404 g/mol. The first kappa shape index (κ1) is 23.0. The average Bonchev–Trinajstić information content (AvgIpc) is 3.01. The van der Waals surface area contributed by atoms with Crippen LogP contribution in [0.4, 0.5) is 0 Å². The third-order valence-electron chi connectivity index (χ3n) is 8.70. The fourth-order valence-electron chi connectivity index (χ4n) is 6.76. The van der Waals surface area contributed by atoms with Gasteiger partial charge in [-0.2, -0.15) is 0 Å². The van der Waals surface area contributed by atoms with Crippen LogP contribution in [0.3, 0.4) is 0 Å². The van der Waals surface area contributed by atoms with Crippen molar-refractivity contribution in [3.05, 3.63) is 23.3 Å². The van der Waals surface area contributed by atoms with Crippen molar-refractivity contribution >= 4 is 0 Å². The smallest absolute Gasteiger partial charge is 0.0627 e. The van der Waals surface area contributed by atoms with E-state index in [2.05, 4.69) is 26.0 Å². The number of fused-ring (bicyclic) bond motifs is 1. The molecule has 0 spiro atoms. The first-order valence-electron chi connectivity index (χ1n) is 12.1. The Morgan fingerprint density at radius 2 is 1.76 bits per heavy atom. The Morgan fingerprint density at radius 3 is 2.41 bits per heavy atom. The molecule has 3 heteroatoms. The zero-order chi connectivity index (χ0) is 21.2. The zero-order valence-corrected chi connectivity index (χ0v) is 19.1. The SMILES string of the molecule is CC1[C@H](O)CC(=C/C=C2\CCC[C@@]3(C)C2CCC3[C@H](C)CCC[C@@H](C)O)C[C@H]1O. The molecule has 0 aromatic carbocycles. The summed E-state index contributed by atoms with van der Waals surface area (Å²) in [6, 6.07) is 0. The van der Waals surface area contributed by atoms with Crippen molar-refractivity contribution in [3.8, 4) is 0 Å². The molecule has 0 amide bonds. The van der Waals surface area contributed by atoms with Crippen molar-refractivity contribution in [2.45, 2.75) is 110 Å². The fourth-order valence-corrected chi connectivity index (χ4v) is 6.76. The minimum atomic E-state index is -0.418. The molecular formula is C26H44O3. The summed E-state index contributed by atoms with van der Waals surface area (Å²) >= 11 is 0. The third-order valence-corrected chi connectivity index (χ3v) is 8.70. The summed E-state index contributed by atoms with van der Waals surface area (Å²) in [5, 5.41) is 30.0. The van der Waals surface area contributed by atoms with Crippen LogP contribution in [0.1, 0.15) is 91.9 Å². The predicted molar refractivity (Wildman–Crippen MR) is 119 cm³/mol. The van der Waals surface area contributed by atoms with Gasteiger partial charge in [-0.3, -0.25) is 0 Å². The highest BCUT2D eigenvalue weighted by atomic mass is 16.3. The summed E-state index contributed by atoms with van der Waals surface area (Å²) in [6.07, 6.45) is 14.7. The highest BCUT2D eigenvalue weighted by molar-refractivity contribution is 5.26. The number of aliphatic hydroxyl groups excluding tert-OH is 3.